The van der Waals surface area contributed by atoms with Crippen molar-refractivity contribution in [1.82, 2.24) is 0 Å². The molecule has 0 radical (unpaired) electrons. The molecule has 0 heterocycles. The highest BCUT2D eigenvalue weighted by Gasteiger charge is 2.27. The van der Waals surface area contributed by atoms with E-state index in [9.17, 15) is 10.2 Å². The smallest absolute Gasteiger partial charge is 0.105 e. The number of hydrogen-bond acceptors (Lipinski definition) is 2. The van der Waals surface area contributed by atoms with Crippen molar-refractivity contribution in [2.24, 2.45) is 0 Å². The van der Waals surface area contributed by atoms with Gasteiger partial charge in [0.05, 0.1) is 13.6 Å². The Morgan fingerprint density at radius 2 is 1.25 bits per heavy atom. The van der Waals surface area contributed by atoms with Crippen molar-refractivity contribution in [3.8, 4) is 0 Å². The minimum atomic E-state index is -0.246. The zero-order chi connectivity index (χ0) is 14.7. The number of quaternary nitrogens is 1. The first-order chi connectivity index (χ1) is 8.97. The maximum absolute atomic E-state index is 9.92. The molecular weight excluding hydrogens is 274 g/mol. The lowest BCUT2D eigenvalue weighted by atomic mass is 10.1. The maximum atomic E-state index is 9.92. The molecule has 0 aliphatic carbocycles. The molecule has 2 unspecified atom stereocenters. The van der Waals surface area contributed by atoms with Gasteiger partial charge >= 0.3 is 0 Å². The van der Waals surface area contributed by atoms with Crippen molar-refractivity contribution in [3.63, 3.8) is 0 Å². The van der Waals surface area contributed by atoms with Crippen LogP contribution in [-0.4, -0.2) is 53.6 Å². The number of nitrogens with zero attached hydrogens (tertiary/aromatic N) is 1. The molecule has 20 heavy (non-hydrogen) atoms. The molecule has 0 amide bonds. The lowest BCUT2D eigenvalue weighted by Crippen LogP contribution is -3.00. The van der Waals surface area contributed by atoms with Crippen LogP contribution in [0.2, 0.25) is 0 Å². The normalized spacial score (nSPS) is 17.1. The minimum absolute atomic E-state index is 0. The molecule has 4 heteroatoms. The SMILES string of the molecule is CCCCCCC[N+](C)(CC(O)CC)CC(O)CC.[Cl-]. The van der Waals surface area contributed by atoms with Crippen molar-refractivity contribution in [1.29, 1.82) is 0 Å². The first-order valence-corrected chi connectivity index (χ1v) is 8.17. The van der Waals surface area contributed by atoms with Crippen molar-refractivity contribution in [3.05, 3.63) is 0 Å². The van der Waals surface area contributed by atoms with E-state index in [0.717, 1.165) is 37.0 Å². The topological polar surface area (TPSA) is 40.5 Å². The van der Waals surface area contributed by atoms with Crippen LogP contribution in [0.15, 0.2) is 0 Å². The summed E-state index contributed by atoms with van der Waals surface area (Å²) in [6.07, 6.45) is 7.47. The summed E-state index contributed by atoms with van der Waals surface area (Å²) in [4.78, 5) is 0. The molecule has 0 fully saturated rings. The van der Waals surface area contributed by atoms with Crippen LogP contribution in [0.3, 0.4) is 0 Å². The van der Waals surface area contributed by atoms with E-state index in [1.165, 1.54) is 32.1 Å². The lowest BCUT2D eigenvalue weighted by Gasteiger charge is -2.37. The van der Waals surface area contributed by atoms with E-state index in [0.29, 0.717) is 0 Å². The van der Waals surface area contributed by atoms with Gasteiger partial charge in [-0.15, -0.1) is 0 Å². The molecule has 0 aliphatic rings. The van der Waals surface area contributed by atoms with Gasteiger partial charge < -0.3 is 27.1 Å². The second-order valence-corrected chi connectivity index (χ2v) is 6.25. The van der Waals surface area contributed by atoms with Crippen LogP contribution in [-0.2, 0) is 0 Å². The third-order valence-corrected chi connectivity index (χ3v) is 4.05. The summed E-state index contributed by atoms with van der Waals surface area (Å²) >= 11 is 0. The van der Waals surface area contributed by atoms with Gasteiger partial charge in [-0.3, -0.25) is 0 Å². The van der Waals surface area contributed by atoms with E-state index in [2.05, 4.69) is 14.0 Å². The van der Waals surface area contributed by atoms with Crippen molar-refractivity contribution in [2.75, 3.05) is 26.7 Å². The van der Waals surface area contributed by atoms with Gasteiger partial charge in [0.25, 0.3) is 0 Å². The summed E-state index contributed by atoms with van der Waals surface area (Å²) in [5.74, 6) is 0. The molecule has 0 spiro atoms. The van der Waals surface area contributed by atoms with Crippen LogP contribution >= 0.6 is 0 Å². The number of likely N-dealkylation sites (N-methyl/N-ethyl adjacent to an activating group) is 1. The predicted octanol–water partition coefficient (Wildman–Crippen LogP) is -0.0508. The third kappa shape index (κ3) is 10.9. The van der Waals surface area contributed by atoms with Crippen LogP contribution in [0, 0.1) is 0 Å². The first kappa shape index (κ1) is 22.5. The van der Waals surface area contributed by atoms with Gasteiger partial charge in [0.2, 0.25) is 0 Å². The number of aliphatic hydroxyl groups is 2. The van der Waals surface area contributed by atoms with Crippen LogP contribution in [0.1, 0.15) is 65.7 Å². The highest BCUT2D eigenvalue weighted by Crippen LogP contribution is 2.13. The van der Waals surface area contributed by atoms with E-state index in [-0.39, 0.29) is 24.6 Å². The van der Waals surface area contributed by atoms with Gasteiger partial charge in [-0.25, -0.2) is 0 Å². The minimum Gasteiger partial charge on any atom is -1.00 e. The Labute approximate surface area is 132 Å². The second-order valence-electron chi connectivity index (χ2n) is 6.25. The third-order valence-electron chi connectivity index (χ3n) is 4.05. The van der Waals surface area contributed by atoms with Crippen molar-refractivity contribution >= 4 is 0 Å². The zero-order valence-corrected chi connectivity index (χ0v) is 14.7. The number of unbranched alkanes of at least 4 members (excludes halogenated alkanes) is 4. The summed E-state index contributed by atoms with van der Waals surface area (Å²) in [6, 6.07) is 0. The molecule has 0 aromatic rings. The number of aliphatic hydroxyl groups excluding tert-OH is 2. The van der Waals surface area contributed by atoms with E-state index in [1.54, 1.807) is 0 Å². The maximum Gasteiger partial charge on any atom is 0.105 e. The molecule has 0 aromatic heterocycles. The Morgan fingerprint density at radius 1 is 0.800 bits per heavy atom. The molecule has 2 atom stereocenters. The fraction of sp³-hybridized carbons (Fsp3) is 1.00. The van der Waals surface area contributed by atoms with Crippen molar-refractivity contribution in [2.45, 2.75) is 77.9 Å². The summed E-state index contributed by atoms with van der Waals surface area (Å²) in [5.41, 5.74) is 0. The Kier molecular flexibility index (Phi) is 14.5. The molecule has 0 rings (SSSR count). The molecule has 124 valence electrons. The van der Waals surface area contributed by atoms with Gasteiger partial charge in [-0.2, -0.15) is 0 Å². The highest BCUT2D eigenvalue weighted by molar-refractivity contribution is 4.57. The number of halogens is 1. The highest BCUT2D eigenvalue weighted by atomic mass is 35.5. The van der Waals surface area contributed by atoms with Gasteiger partial charge in [0.15, 0.2) is 0 Å². The Morgan fingerprint density at radius 3 is 1.65 bits per heavy atom. The molecule has 0 bridgehead atoms. The molecule has 2 N–H and O–H groups in total. The second kappa shape index (κ2) is 12.9. The van der Waals surface area contributed by atoms with Crippen LogP contribution in [0.5, 0.6) is 0 Å². The zero-order valence-electron chi connectivity index (χ0n) is 13.9. The fourth-order valence-corrected chi connectivity index (χ4v) is 2.63. The van der Waals surface area contributed by atoms with E-state index in [1.807, 2.05) is 13.8 Å². The van der Waals surface area contributed by atoms with E-state index >= 15 is 0 Å². The van der Waals surface area contributed by atoms with Crippen molar-refractivity contribution < 1.29 is 27.1 Å². The van der Waals surface area contributed by atoms with Crippen LogP contribution in [0.4, 0.5) is 0 Å². The summed E-state index contributed by atoms with van der Waals surface area (Å²) in [6.45, 7) is 8.87. The summed E-state index contributed by atoms with van der Waals surface area (Å²) < 4.78 is 0.802. The van der Waals surface area contributed by atoms with E-state index < -0.39 is 0 Å². The Balaban J connectivity index is 0. The molecule has 3 nitrogen and oxygen atoms in total. The number of hydrogen-bond donors (Lipinski definition) is 2. The van der Waals surface area contributed by atoms with Gasteiger partial charge in [-0.1, -0.05) is 40.0 Å². The molecular formula is C16H36ClNO2. The number of rotatable bonds is 12. The Hall–Kier alpha value is 0.170. The molecule has 0 aliphatic heterocycles. The molecule has 0 aromatic carbocycles. The standard InChI is InChI=1S/C16H36NO2.ClH/c1-5-8-9-10-11-12-17(4,13-15(18)6-2)14-16(19)7-3;/h15-16,18-19H,5-14H2,1-4H3;1H/q+1;/p-1. The van der Waals surface area contributed by atoms with E-state index in [4.69, 9.17) is 0 Å². The monoisotopic (exact) mass is 309 g/mol. The summed E-state index contributed by atoms with van der Waals surface area (Å²) in [7, 11) is 2.18. The molecule has 0 saturated heterocycles. The lowest BCUT2D eigenvalue weighted by molar-refractivity contribution is -0.915. The largest absolute Gasteiger partial charge is 1.00 e. The van der Waals surface area contributed by atoms with Crippen LogP contribution < -0.4 is 12.4 Å². The average Bonchev–Trinajstić information content (AvgIpc) is 2.38. The van der Waals surface area contributed by atoms with Gasteiger partial charge in [0.1, 0.15) is 25.3 Å². The van der Waals surface area contributed by atoms with Gasteiger partial charge in [0, 0.05) is 0 Å². The molecule has 0 saturated carbocycles. The first-order valence-electron chi connectivity index (χ1n) is 8.17. The quantitative estimate of drug-likeness (QED) is 0.392. The Bertz CT molecular complexity index is 203. The average molecular weight is 310 g/mol. The predicted molar refractivity (Wildman–Crippen MR) is 82.1 cm³/mol. The summed E-state index contributed by atoms with van der Waals surface area (Å²) in [5, 5.41) is 19.8. The van der Waals surface area contributed by atoms with Gasteiger partial charge in [-0.05, 0) is 25.7 Å². The van der Waals surface area contributed by atoms with Crippen LogP contribution in [0.25, 0.3) is 0 Å². The fourth-order valence-electron chi connectivity index (χ4n) is 2.63.